The Bertz CT molecular complexity index is 903. The summed E-state index contributed by atoms with van der Waals surface area (Å²) in [6.45, 7) is 1.88. The number of carbonyl (C=O) groups is 1. The molecule has 0 atom stereocenters. The molecule has 0 saturated heterocycles. The van der Waals surface area contributed by atoms with Gasteiger partial charge in [-0.2, -0.15) is 5.10 Å². The van der Waals surface area contributed by atoms with Crippen molar-refractivity contribution in [1.82, 2.24) is 5.43 Å². The minimum absolute atomic E-state index is 0.230. The standard InChI is InChI=1S/C19H15BrN2O/c1-13(15-10-9-14-5-2-3-6-16(14)11-15)21-22-19(23)17-7-4-8-18(20)12-17/h2-12H,1H3,(H,22,23)/b21-13+. The number of hydrogen-bond donors (Lipinski definition) is 1. The molecule has 0 unspecified atom stereocenters. The number of amides is 1. The predicted molar refractivity (Wildman–Crippen MR) is 97.8 cm³/mol. The van der Waals surface area contributed by atoms with Gasteiger partial charge in [-0.05, 0) is 47.5 Å². The van der Waals surface area contributed by atoms with E-state index in [1.165, 1.54) is 5.39 Å². The molecule has 0 heterocycles. The maximum atomic E-state index is 12.1. The van der Waals surface area contributed by atoms with Crippen molar-refractivity contribution in [3.05, 3.63) is 82.3 Å². The Hall–Kier alpha value is -2.46. The summed E-state index contributed by atoms with van der Waals surface area (Å²) in [7, 11) is 0. The summed E-state index contributed by atoms with van der Waals surface area (Å²) in [5.74, 6) is -0.230. The van der Waals surface area contributed by atoms with E-state index in [1.54, 1.807) is 12.1 Å². The molecular weight excluding hydrogens is 352 g/mol. The summed E-state index contributed by atoms with van der Waals surface area (Å²) in [4.78, 5) is 12.1. The van der Waals surface area contributed by atoms with Crippen LogP contribution in [-0.4, -0.2) is 11.6 Å². The van der Waals surface area contributed by atoms with Crippen LogP contribution in [0, 0.1) is 0 Å². The Morgan fingerprint density at radius 1 is 0.913 bits per heavy atom. The van der Waals surface area contributed by atoms with E-state index in [1.807, 2.05) is 37.3 Å². The molecule has 3 aromatic carbocycles. The first-order valence-corrected chi connectivity index (χ1v) is 8.02. The highest BCUT2D eigenvalue weighted by Gasteiger charge is 2.05. The van der Waals surface area contributed by atoms with Gasteiger partial charge in [0, 0.05) is 10.0 Å². The second kappa shape index (κ2) is 6.75. The number of halogens is 1. The molecule has 114 valence electrons. The van der Waals surface area contributed by atoms with Crippen LogP contribution in [-0.2, 0) is 0 Å². The Morgan fingerprint density at radius 2 is 1.70 bits per heavy atom. The number of benzene rings is 3. The van der Waals surface area contributed by atoms with Crippen molar-refractivity contribution in [2.45, 2.75) is 6.92 Å². The first-order valence-electron chi connectivity index (χ1n) is 7.23. The van der Waals surface area contributed by atoms with Gasteiger partial charge in [0.1, 0.15) is 0 Å². The van der Waals surface area contributed by atoms with Gasteiger partial charge >= 0.3 is 0 Å². The molecule has 0 radical (unpaired) electrons. The lowest BCUT2D eigenvalue weighted by atomic mass is 10.0. The molecule has 0 saturated carbocycles. The maximum Gasteiger partial charge on any atom is 0.271 e. The van der Waals surface area contributed by atoms with Gasteiger partial charge in [-0.3, -0.25) is 4.79 Å². The second-order valence-corrected chi connectivity index (χ2v) is 6.13. The molecule has 0 bridgehead atoms. The first kappa shape index (κ1) is 15.4. The first-order chi connectivity index (χ1) is 11.1. The summed E-state index contributed by atoms with van der Waals surface area (Å²) < 4.78 is 0.861. The van der Waals surface area contributed by atoms with E-state index in [0.29, 0.717) is 5.56 Å². The average molecular weight is 367 g/mol. The van der Waals surface area contributed by atoms with Crippen molar-refractivity contribution in [2.75, 3.05) is 0 Å². The Labute approximate surface area is 143 Å². The van der Waals surface area contributed by atoms with Crippen LogP contribution in [0.3, 0.4) is 0 Å². The average Bonchev–Trinajstić information content (AvgIpc) is 2.59. The highest BCUT2D eigenvalue weighted by molar-refractivity contribution is 9.10. The molecule has 0 fully saturated rings. The number of fused-ring (bicyclic) bond motifs is 1. The van der Waals surface area contributed by atoms with Gasteiger partial charge in [0.15, 0.2) is 0 Å². The fourth-order valence-electron chi connectivity index (χ4n) is 2.31. The molecule has 1 amide bonds. The molecule has 0 aliphatic heterocycles. The number of nitrogens with one attached hydrogen (secondary N) is 1. The largest absolute Gasteiger partial charge is 0.271 e. The summed E-state index contributed by atoms with van der Waals surface area (Å²) in [5.41, 5.74) is 4.91. The Balaban J connectivity index is 1.79. The van der Waals surface area contributed by atoms with Gasteiger partial charge in [0.05, 0.1) is 5.71 Å². The van der Waals surface area contributed by atoms with Crippen molar-refractivity contribution in [1.29, 1.82) is 0 Å². The molecule has 3 nitrogen and oxygen atoms in total. The zero-order valence-corrected chi connectivity index (χ0v) is 14.2. The monoisotopic (exact) mass is 366 g/mol. The molecule has 23 heavy (non-hydrogen) atoms. The van der Waals surface area contributed by atoms with E-state index in [0.717, 1.165) is 21.1 Å². The van der Waals surface area contributed by atoms with E-state index in [9.17, 15) is 4.79 Å². The molecular formula is C19H15BrN2O. The van der Waals surface area contributed by atoms with E-state index in [2.05, 4.69) is 50.7 Å². The quantitative estimate of drug-likeness (QED) is 0.527. The van der Waals surface area contributed by atoms with Gasteiger partial charge in [-0.25, -0.2) is 5.43 Å². The lowest BCUT2D eigenvalue weighted by molar-refractivity contribution is 0.0955. The van der Waals surface area contributed by atoms with Gasteiger partial charge in [-0.1, -0.05) is 58.4 Å². The van der Waals surface area contributed by atoms with E-state index < -0.39 is 0 Å². The molecule has 3 aromatic rings. The van der Waals surface area contributed by atoms with Crippen LogP contribution in [0.4, 0.5) is 0 Å². The third kappa shape index (κ3) is 3.66. The third-order valence-corrected chi connectivity index (χ3v) is 4.07. The van der Waals surface area contributed by atoms with Gasteiger partial charge < -0.3 is 0 Å². The third-order valence-electron chi connectivity index (χ3n) is 3.58. The molecule has 0 aromatic heterocycles. The highest BCUT2D eigenvalue weighted by atomic mass is 79.9. The minimum Gasteiger partial charge on any atom is -0.267 e. The SMILES string of the molecule is C/C(=N\NC(=O)c1cccc(Br)c1)c1ccc2ccccc2c1. The summed E-state index contributed by atoms with van der Waals surface area (Å²) in [5, 5.41) is 6.54. The minimum atomic E-state index is -0.230. The molecule has 3 rings (SSSR count). The fourth-order valence-corrected chi connectivity index (χ4v) is 2.71. The van der Waals surface area contributed by atoms with Crippen LogP contribution >= 0.6 is 15.9 Å². The summed E-state index contributed by atoms with van der Waals surface area (Å²) >= 11 is 3.35. The number of carbonyl (C=O) groups excluding carboxylic acids is 1. The van der Waals surface area contributed by atoms with Crippen LogP contribution < -0.4 is 5.43 Å². The fraction of sp³-hybridized carbons (Fsp3) is 0.0526. The lowest BCUT2D eigenvalue weighted by Gasteiger charge is -2.05. The topological polar surface area (TPSA) is 41.5 Å². The van der Waals surface area contributed by atoms with Crippen LogP contribution in [0.15, 0.2) is 76.3 Å². The van der Waals surface area contributed by atoms with Gasteiger partial charge in [0.2, 0.25) is 0 Å². The highest BCUT2D eigenvalue weighted by Crippen LogP contribution is 2.16. The summed E-state index contributed by atoms with van der Waals surface area (Å²) in [6.07, 6.45) is 0. The van der Waals surface area contributed by atoms with Crippen molar-refractivity contribution >= 4 is 38.3 Å². The molecule has 4 heteroatoms. The molecule has 0 spiro atoms. The van der Waals surface area contributed by atoms with E-state index in [4.69, 9.17) is 0 Å². The number of nitrogens with zero attached hydrogens (tertiary/aromatic N) is 1. The van der Waals surface area contributed by atoms with Crippen molar-refractivity contribution in [3.8, 4) is 0 Å². The second-order valence-electron chi connectivity index (χ2n) is 5.21. The summed E-state index contributed by atoms with van der Waals surface area (Å²) in [6, 6.07) is 21.5. The van der Waals surface area contributed by atoms with E-state index >= 15 is 0 Å². The van der Waals surface area contributed by atoms with Crippen LogP contribution in [0.2, 0.25) is 0 Å². The van der Waals surface area contributed by atoms with Crippen molar-refractivity contribution < 1.29 is 4.79 Å². The number of hydrazone groups is 1. The molecule has 0 aliphatic rings. The van der Waals surface area contributed by atoms with E-state index in [-0.39, 0.29) is 5.91 Å². The zero-order valence-electron chi connectivity index (χ0n) is 12.6. The zero-order chi connectivity index (χ0) is 16.2. The normalized spacial score (nSPS) is 11.5. The van der Waals surface area contributed by atoms with Crippen LogP contribution in [0.1, 0.15) is 22.8 Å². The van der Waals surface area contributed by atoms with Gasteiger partial charge in [0.25, 0.3) is 5.91 Å². The Morgan fingerprint density at radius 3 is 2.48 bits per heavy atom. The number of hydrogen-bond acceptors (Lipinski definition) is 2. The molecule has 1 N–H and O–H groups in total. The van der Waals surface area contributed by atoms with Crippen LogP contribution in [0.25, 0.3) is 10.8 Å². The maximum absolute atomic E-state index is 12.1. The van der Waals surface area contributed by atoms with Gasteiger partial charge in [-0.15, -0.1) is 0 Å². The van der Waals surface area contributed by atoms with Crippen LogP contribution in [0.5, 0.6) is 0 Å². The lowest BCUT2D eigenvalue weighted by Crippen LogP contribution is -2.19. The smallest absolute Gasteiger partial charge is 0.267 e. The van der Waals surface area contributed by atoms with Crippen molar-refractivity contribution in [2.24, 2.45) is 5.10 Å². The Kier molecular flexibility index (Phi) is 4.53. The molecule has 0 aliphatic carbocycles. The number of rotatable bonds is 3. The van der Waals surface area contributed by atoms with Crippen molar-refractivity contribution in [3.63, 3.8) is 0 Å². The predicted octanol–water partition coefficient (Wildman–Crippen LogP) is 4.76.